The highest BCUT2D eigenvalue weighted by Gasteiger charge is 2.31. The Hall–Kier alpha value is -1.35. The smallest absolute Gasteiger partial charge is 0.325 e. The average molecular weight is 382 g/mol. The Bertz CT molecular complexity index is 588. The molecular formula is C16H19F5N2OS. The van der Waals surface area contributed by atoms with Crippen molar-refractivity contribution < 1.29 is 26.7 Å². The molecule has 9 heteroatoms. The van der Waals surface area contributed by atoms with Gasteiger partial charge in [-0.25, -0.2) is 8.78 Å². The molecule has 0 spiro atoms. The van der Waals surface area contributed by atoms with Crippen LogP contribution in [0.1, 0.15) is 24.8 Å². The summed E-state index contributed by atoms with van der Waals surface area (Å²) >= 11 is 0.718. The van der Waals surface area contributed by atoms with Crippen LogP contribution < -0.4 is 10.6 Å². The Morgan fingerprint density at radius 2 is 2.12 bits per heavy atom. The summed E-state index contributed by atoms with van der Waals surface area (Å²) in [4.78, 5) is 12.2. The van der Waals surface area contributed by atoms with Crippen LogP contribution in [0, 0.1) is 5.92 Å². The lowest BCUT2D eigenvalue weighted by Gasteiger charge is -2.15. The summed E-state index contributed by atoms with van der Waals surface area (Å²) in [6, 6.07) is 2.74. The number of benzene rings is 1. The van der Waals surface area contributed by atoms with Gasteiger partial charge in [-0.15, -0.1) is 11.8 Å². The summed E-state index contributed by atoms with van der Waals surface area (Å²) in [5.41, 5.74) is -1.00. The Balaban J connectivity index is 2.06. The van der Waals surface area contributed by atoms with Crippen LogP contribution in [0.15, 0.2) is 23.1 Å². The van der Waals surface area contributed by atoms with Gasteiger partial charge >= 0.3 is 6.18 Å². The molecule has 1 aromatic rings. The summed E-state index contributed by atoms with van der Waals surface area (Å²) in [5, 5.41) is 5.62. The minimum Gasteiger partial charge on any atom is -0.325 e. The van der Waals surface area contributed by atoms with Gasteiger partial charge in [0, 0.05) is 11.3 Å². The SMILES string of the molecule is O=C(CCC1CCNC1)Nc1cc(C(F)(F)F)ccc1SCC(F)F. The van der Waals surface area contributed by atoms with Crippen LogP contribution in [0.25, 0.3) is 0 Å². The van der Waals surface area contributed by atoms with Crippen molar-refractivity contribution >= 4 is 23.4 Å². The molecular weight excluding hydrogens is 363 g/mol. The maximum absolute atomic E-state index is 12.9. The van der Waals surface area contributed by atoms with E-state index in [1.807, 2.05) is 0 Å². The summed E-state index contributed by atoms with van der Waals surface area (Å²) in [6.45, 7) is 1.72. The zero-order valence-corrected chi connectivity index (χ0v) is 14.2. The molecule has 1 atom stereocenters. The molecule has 0 bridgehead atoms. The molecule has 1 unspecified atom stereocenters. The molecule has 1 aliphatic rings. The number of nitrogens with one attached hydrogen (secondary N) is 2. The normalized spacial score (nSPS) is 17.9. The van der Waals surface area contributed by atoms with E-state index in [9.17, 15) is 26.7 Å². The van der Waals surface area contributed by atoms with E-state index in [2.05, 4.69) is 10.6 Å². The Morgan fingerprint density at radius 1 is 1.36 bits per heavy atom. The minimum atomic E-state index is -4.57. The molecule has 1 fully saturated rings. The Morgan fingerprint density at radius 3 is 2.72 bits per heavy atom. The molecule has 1 aliphatic heterocycles. The number of rotatable bonds is 7. The lowest BCUT2D eigenvalue weighted by atomic mass is 10.0. The molecule has 2 rings (SSSR count). The van der Waals surface area contributed by atoms with Gasteiger partial charge in [0.15, 0.2) is 0 Å². The maximum Gasteiger partial charge on any atom is 0.416 e. The molecule has 1 heterocycles. The van der Waals surface area contributed by atoms with Crippen molar-refractivity contribution in [2.24, 2.45) is 5.92 Å². The van der Waals surface area contributed by atoms with Crippen LogP contribution >= 0.6 is 11.8 Å². The van der Waals surface area contributed by atoms with Gasteiger partial charge in [-0.1, -0.05) is 0 Å². The van der Waals surface area contributed by atoms with E-state index >= 15 is 0 Å². The first kappa shape index (κ1) is 20.0. The monoisotopic (exact) mass is 382 g/mol. The van der Waals surface area contributed by atoms with Gasteiger partial charge in [-0.05, 0) is 50.0 Å². The van der Waals surface area contributed by atoms with Crippen LogP contribution in [-0.2, 0) is 11.0 Å². The Kier molecular flexibility index (Phi) is 7.06. The van der Waals surface area contributed by atoms with Crippen molar-refractivity contribution in [2.75, 3.05) is 24.2 Å². The molecule has 0 aromatic heterocycles. The highest BCUT2D eigenvalue weighted by atomic mass is 32.2. The highest BCUT2D eigenvalue weighted by Crippen LogP contribution is 2.36. The number of hydrogen-bond acceptors (Lipinski definition) is 3. The van der Waals surface area contributed by atoms with Crippen LogP contribution in [0.3, 0.4) is 0 Å². The van der Waals surface area contributed by atoms with Gasteiger partial charge in [-0.2, -0.15) is 13.2 Å². The number of anilines is 1. The quantitative estimate of drug-likeness (QED) is 0.543. The number of halogens is 5. The van der Waals surface area contributed by atoms with Gasteiger partial charge in [-0.3, -0.25) is 4.79 Å². The molecule has 1 saturated heterocycles. The first-order valence-corrected chi connectivity index (χ1v) is 8.87. The van der Waals surface area contributed by atoms with Crippen molar-refractivity contribution in [2.45, 2.75) is 36.8 Å². The van der Waals surface area contributed by atoms with Crippen molar-refractivity contribution in [3.8, 4) is 0 Å². The van der Waals surface area contributed by atoms with E-state index in [1.165, 1.54) is 0 Å². The van der Waals surface area contributed by atoms with Crippen molar-refractivity contribution in [3.63, 3.8) is 0 Å². The van der Waals surface area contributed by atoms with Gasteiger partial charge < -0.3 is 10.6 Å². The van der Waals surface area contributed by atoms with Gasteiger partial charge in [0.05, 0.1) is 17.0 Å². The summed E-state index contributed by atoms with van der Waals surface area (Å²) < 4.78 is 63.3. The van der Waals surface area contributed by atoms with E-state index in [-0.39, 0.29) is 17.0 Å². The fraction of sp³-hybridized carbons (Fsp3) is 0.562. The van der Waals surface area contributed by atoms with Crippen LogP contribution in [0.5, 0.6) is 0 Å². The van der Waals surface area contributed by atoms with Crippen molar-refractivity contribution in [1.82, 2.24) is 5.32 Å². The number of hydrogen-bond donors (Lipinski definition) is 2. The fourth-order valence-corrected chi connectivity index (χ4v) is 3.33. The predicted molar refractivity (Wildman–Crippen MR) is 87.0 cm³/mol. The standard InChI is InChI=1S/C16H19F5N2OS/c17-14(18)9-25-13-3-2-11(16(19,20)21)7-12(13)23-15(24)4-1-10-5-6-22-8-10/h2-3,7,10,14,22H,1,4-6,8-9H2,(H,23,24). The Labute approximate surface area is 146 Å². The minimum absolute atomic E-state index is 0.0741. The molecule has 25 heavy (non-hydrogen) atoms. The third-order valence-electron chi connectivity index (χ3n) is 3.89. The second-order valence-corrected chi connectivity index (χ2v) is 6.92. The first-order valence-electron chi connectivity index (χ1n) is 7.88. The number of carbonyl (C=O) groups excluding carboxylic acids is 1. The predicted octanol–water partition coefficient (Wildman–Crippen LogP) is 4.39. The van der Waals surface area contributed by atoms with E-state index in [0.29, 0.717) is 12.3 Å². The highest BCUT2D eigenvalue weighted by molar-refractivity contribution is 7.99. The summed E-state index contributed by atoms with van der Waals surface area (Å²) in [7, 11) is 0. The maximum atomic E-state index is 12.9. The van der Waals surface area contributed by atoms with Crippen LogP contribution in [-0.4, -0.2) is 31.2 Å². The zero-order valence-electron chi connectivity index (χ0n) is 13.3. The number of amides is 1. The number of thioether (sulfide) groups is 1. The lowest BCUT2D eigenvalue weighted by Crippen LogP contribution is -2.16. The molecule has 0 aliphatic carbocycles. The lowest BCUT2D eigenvalue weighted by molar-refractivity contribution is -0.137. The van der Waals surface area contributed by atoms with Gasteiger partial charge in [0.25, 0.3) is 0 Å². The van der Waals surface area contributed by atoms with Gasteiger partial charge in [0.1, 0.15) is 0 Å². The molecule has 0 radical (unpaired) electrons. The summed E-state index contributed by atoms with van der Waals surface area (Å²) in [5.74, 6) is -0.591. The number of carbonyl (C=O) groups is 1. The third kappa shape index (κ3) is 6.47. The molecule has 140 valence electrons. The topological polar surface area (TPSA) is 41.1 Å². The second kappa shape index (κ2) is 8.84. The fourth-order valence-electron chi connectivity index (χ4n) is 2.59. The van der Waals surface area contributed by atoms with Crippen LogP contribution in [0.2, 0.25) is 0 Å². The van der Waals surface area contributed by atoms with Crippen molar-refractivity contribution in [1.29, 1.82) is 0 Å². The zero-order chi connectivity index (χ0) is 18.4. The van der Waals surface area contributed by atoms with Crippen molar-refractivity contribution in [3.05, 3.63) is 23.8 Å². The first-order chi connectivity index (χ1) is 11.8. The second-order valence-electron chi connectivity index (χ2n) is 5.86. The molecule has 0 saturated carbocycles. The van der Waals surface area contributed by atoms with E-state index in [4.69, 9.17) is 0 Å². The number of alkyl halides is 5. The van der Waals surface area contributed by atoms with E-state index in [1.54, 1.807) is 0 Å². The summed E-state index contributed by atoms with van der Waals surface area (Å²) in [6.07, 6.45) is -5.38. The molecule has 1 aromatic carbocycles. The van der Waals surface area contributed by atoms with Gasteiger partial charge in [0.2, 0.25) is 12.3 Å². The van der Waals surface area contributed by atoms with E-state index in [0.717, 1.165) is 49.5 Å². The average Bonchev–Trinajstić information content (AvgIpc) is 3.04. The van der Waals surface area contributed by atoms with Crippen LogP contribution in [0.4, 0.5) is 27.6 Å². The molecule has 2 N–H and O–H groups in total. The molecule has 1 amide bonds. The van der Waals surface area contributed by atoms with E-state index < -0.39 is 29.8 Å². The molecule has 3 nitrogen and oxygen atoms in total. The largest absolute Gasteiger partial charge is 0.416 e. The third-order valence-corrected chi connectivity index (χ3v) is 4.97.